The molecule has 0 saturated carbocycles. The van der Waals surface area contributed by atoms with E-state index in [-0.39, 0.29) is 4.90 Å². The van der Waals surface area contributed by atoms with Crippen LogP contribution in [0.4, 0.5) is 11.4 Å². The monoisotopic (exact) mass is 287 g/mol. The first-order chi connectivity index (χ1) is 9.56. The van der Waals surface area contributed by atoms with Crippen molar-refractivity contribution in [3.8, 4) is 0 Å². The Morgan fingerprint density at radius 1 is 1.10 bits per heavy atom. The van der Waals surface area contributed by atoms with E-state index in [1.165, 1.54) is 6.34 Å². The Kier molecular flexibility index (Phi) is 2.94. The Hall–Kier alpha value is -2.34. The molecule has 1 aliphatic rings. The summed E-state index contributed by atoms with van der Waals surface area (Å²) in [4.78, 5) is 2.02. The van der Waals surface area contributed by atoms with Gasteiger partial charge in [0.05, 0.1) is 5.69 Å². The molecule has 5 nitrogen and oxygen atoms in total. The van der Waals surface area contributed by atoms with Crippen LogP contribution >= 0.6 is 0 Å². The van der Waals surface area contributed by atoms with Crippen LogP contribution in [0, 0.1) is 0 Å². The standard InChI is InChI=1S/C14H13N3O2S/c15-12-5-3-4-11(8-12)9-17-10-16-20(18,19)14-7-2-1-6-13(14)17/h1-8,10H,9,15H2. The first-order valence-corrected chi connectivity index (χ1v) is 7.51. The molecule has 0 spiro atoms. The van der Waals surface area contributed by atoms with Crippen molar-refractivity contribution in [1.29, 1.82) is 0 Å². The summed E-state index contributed by atoms with van der Waals surface area (Å²) in [5.41, 5.74) is 8.05. The summed E-state index contributed by atoms with van der Waals surface area (Å²) in [7, 11) is -3.57. The van der Waals surface area contributed by atoms with Crippen molar-refractivity contribution in [2.75, 3.05) is 10.6 Å². The summed E-state index contributed by atoms with van der Waals surface area (Å²) in [6.07, 6.45) is 1.35. The number of nitrogens with zero attached hydrogens (tertiary/aromatic N) is 2. The average molecular weight is 287 g/mol. The molecular formula is C14H13N3O2S. The van der Waals surface area contributed by atoms with Gasteiger partial charge in [-0.05, 0) is 29.8 Å². The van der Waals surface area contributed by atoms with Crippen molar-refractivity contribution in [3.63, 3.8) is 0 Å². The van der Waals surface area contributed by atoms with E-state index >= 15 is 0 Å². The molecule has 0 fully saturated rings. The maximum atomic E-state index is 11.9. The molecule has 0 radical (unpaired) electrons. The van der Waals surface area contributed by atoms with Crippen LogP contribution in [0.3, 0.4) is 0 Å². The fourth-order valence-corrected chi connectivity index (χ4v) is 3.22. The zero-order valence-electron chi connectivity index (χ0n) is 10.6. The second-order valence-electron chi connectivity index (χ2n) is 4.54. The Labute approximate surface area is 117 Å². The van der Waals surface area contributed by atoms with Gasteiger partial charge in [0.25, 0.3) is 10.0 Å². The maximum Gasteiger partial charge on any atom is 0.285 e. The number of rotatable bonds is 2. The van der Waals surface area contributed by atoms with Crippen LogP contribution in [0.5, 0.6) is 0 Å². The second kappa shape index (κ2) is 4.64. The highest BCUT2D eigenvalue weighted by Gasteiger charge is 2.24. The molecular weight excluding hydrogens is 274 g/mol. The quantitative estimate of drug-likeness (QED) is 0.857. The predicted molar refractivity (Wildman–Crippen MR) is 79.2 cm³/mol. The lowest BCUT2D eigenvalue weighted by atomic mass is 10.2. The number of anilines is 2. The number of hydrogen-bond acceptors (Lipinski definition) is 4. The molecule has 1 aliphatic heterocycles. The van der Waals surface area contributed by atoms with Crippen LogP contribution in [0.2, 0.25) is 0 Å². The van der Waals surface area contributed by atoms with Crippen LogP contribution in [0.1, 0.15) is 5.56 Å². The Morgan fingerprint density at radius 3 is 2.70 bits per heavy atom. The molecule has 2 aromatic rings. The Balaban J connectivity index is 2.00. The number of sulfonamides is 1. The molecule has 0 bridgehead atoms. The highest BCUT2D eigenvalue weighted by Crippen LogP contribution is 2.30. The minimum Gasteiger partial charge on any atom is -0.399 e. The Bertz CT molecular complexity index is 785. The van der Waals surface area contributed by atoms with Crippen molar-refractivity contribution in [2.24, 2.45) is 4.40 Å². The number of fused-ring (bicyclic) bond motifs is 1. The third kappa shape index (κ3) is 2.25. The van der Waals surface area contributed by atoms with Gasteiger partial charge in [-0.3, -0.25) is 0 Å². The van der Waals surface area contributed by atoms with Crippen LogP contribution in [0.15, 0.2) is 57.8 Å². The van der Waals surface area contributed by atoms with Gasteiger partial charge in [-0.1, -0.05) is 24.3 Å². The Morgan fingerprint density at radius 2 is 1.90 bits per heavy atom. The number of nitrogen functional groups attached to an aromatic ring is 1. The zero-order valence-corrected chi connectivity index (χ0v) is 11.4. The van der Waals surface area contributed by atoms with Gasteiger partial charge in [-0.25, -0.2) is 0 Å². The molecule has 0 atom stereocenters. The van der Waals surface area contributed by atoms with Crippen molar-refractivity contribution in [2.45, 2.75) is 11.4 Å². The van der Waals surface area contributed by atoms with E-state index in [9.17, 15) is 8.42 Å². The molecule has 0 aliphatic carbocycles. The number of para-hydroxylation sites is 1. The number of nitrogens with two attached hydrogens (primary N) is 1. The molecule has 6 heteroatoms. The van der Waals surface area contributed by atoms with Gasteiger partial charge >= 0.3 is 0 Å². The van der Waals surface area contributed by atoms with E-state index in [1.807, 2.05) is 24.3 Å². The number of hydrogen-bond donors (Lipinski definition) is 1. The van der Waals surface area contributed by atoms with Crippen LogP contribution in [0.25, 0.3) is 0 Å². The minimum atomic E-state index is -3.57. The van der Waals surface area contributed by atoms with Gasteiger partial charge in [0.2, 0.25) is 0 Å². The van der Waals surface area contributed by atoms with Crippen LogP contribution in [-0.2, 0) is 16.6 Å². The lowest BCUT2D eigenvalue weighted by Crippen LogP contribution is -2.26. The zero-order chi connectivity index (χ0) is 14.2. The van der Waals surface area contributed by atoms with Gasteiger partial charge < -0.3 is 10.6 Å². The third-order valence-electron chi connectivity index (χ3n) is 3.08. The minimum absolute atomic E-state index is 0.228. The number of benzene rings is 2. The second-order valence-corrected chi connectivity index (χ2v) is 6.14. The summed E-state index contributed by atoms with van der Waals surface area (Å²) in [6, 6.07) is 14.3. The largest absolute Gasteiger partial charge is 0.399 e. The van der Waals surface area contributed by atoms with Gasteiger partial charge in [0, 0.05) is 12.2 Å². The fourth-order valence-electron chi connectivity index (χ4n) is 2.16. The van der Waals surface area contributed by atoms with E-state index in [0.717, 1.165) is 5.56 Å². The van der Waals surface area contributed by atoms with Crippen molar-refractivity contribution in [1.82, 2.24) is 0 Å². The van der Waals surface area contributed by atoms with Gasteiger partial charge in [0.15, 0.2) is 0 Å². The van der Waals surface area contributed by atoms with Crippen LogP contribution < -0.4 is 10.6 Å². The van der Waals surface area contributed by atoms with E-state index in [4.69, 9.17) is 5.73 Å². The third-order valence-corrected chi connectivity index (χ3v) is 4.35. The SMILES string of the molecule is Nc1cccc(CN2C=NS(=O)(=O)c3ccccc32)c1. The highest BCUT2D eigenvalue weighted by molar-refractivity contribution is 7.90. The molecule has 2 aromatic carbocycles. The fraction of sp³-hybridized carbons (Fsp3) is 0.0714. The summed E-state index contributed by atoms with van der Waals surface area (Å²) < 4.78 is 27.4. The predicted octanol–water partition coefficient (Wildman–Crippen LogP) is 2.01. The van der Waals surface area contributed by atoms with Crippen molar-refractivity contribution < 1.29 is 8.42 Å². The van der Waals surface area contributed by atoms with Crippen molar-refractivity contribution in [3.05, 3.63) is 54.1 Å². The maximum absolute atomic E-state index is 11.9. The summed E-state index contributed by atoms with van der Waals surface area (Å²) in [5, 5.41) is 0. The molecule has 102 valence electrons. The molecule has 3 rings (SSSR count). The topological polar surface area (TPSA) is 75.8 Å². The molecule has 2 N–H and O–H groups in total. The summed E-state index contributed by atoms with van der Waals surface area (Å²) in [6.45, 7) is 0.515. The summed E-state index contributed by atoms with van der Waals surface area (Å²) >= 11 is 0. The summed E-state index contributed by atoms with van der Waals surface area (Å²) in [5.74, 6) is 0. The lowest BCUT2D eigenvalue weighted by molar-refractivity contribution is 0.597. The molecule has 0 amide bonds. The first-order valence-electron chi connectivity index (χ1n) is 6.07. The van der Waals surface area contributed by atoms with Gasteiger partial charge in [-0.15, -0.1) is 4.40 Å². The average Bonchev–Trinajstić information content (AvgIpc) is 2.43. The smallest absolute Gasteiger partial charge is 0.285 e. The van der Waals surface area contributed by atoms with E-state index in [1.54, 1.807) is 29.2 Å². The van der Waals surface area contributed by atoms with Crippen LogP contribution in [-0.4, -0.2) is 14.8 Å². The first kappa shape index (κ1) is 12.7. The lowest BCUT2D eigenvalue weighted by Gasteiger charge is -2.25. The normalized spacial score (nSPS) is 15.9. The van der Waals surface area contributed by atoms with Crippen molar-refractivity contribution >= 4 is 27.7 Å². The van der Waals surface area contributed by atoms with E-state index in [2.05, 4.69) is 4.40 Å². The van der Waals surface area contributed by atoms with Gasteiger partial charge in [-0.2, -0.15) is 8.42 Å². The molecule has 1 heterocycles. The van der Waals surface area contributed by atoms with E-state index < -0.39 is 10.0 Å². The van der Waals surface area contributed by atoms with E-state index in [0.29, 0.717) is 17.9 Å². The molecule has 0 unspecified atom stereocenters. The van der Waals surface area contributed by atoms with Gasteiger partial charge in [0.1, 0.15) is 11.2 Å². The molecule has 0 saturated heterocycles. The molecule has 0 aromatic heterocycles. The highest BCUT2D eigenvalue weighted by atomic mass is 32.2. The molecule has 20 heavy (non-hydrogen) atoms.